The first-order chi connectivity index (χ1) is 24.5. The lowest BCUT2D eigenvalue weighted by Crippen LogP contribution is -2.40. The lowest BCUT2D eigenvalue weighted by molar-refractivity contribution is 0.434. The maximum atomic E-state index is 6.76. The van der Waals surface area contributed by atoms with Gasteiger partial charge in [0, 0.05) is 39.5 Å². The third-order valence-corrected chi connectivity index (χ3v) is 15.4. The number of ether oxygens (including phenoxy) is 2. The molecule has 3 aliphatic rings. The van der Waals surface area contributed by atoms with Crippen LogP contribution >= 0.6 is 6.04 Å². The molecule has 0 fully saturated rings. The number of anilines is 3. The van der Waals surface area contributed by atoms with Crippen LogP contribution in [-0.4, -0.2) is 0 Å². The Morgan fingerprint density at radius 1 is 0.480 bits per heavy atom. The van der Waals surface area contributed by atoms with Crippen LogP contribution in [0.1, 0.15) is 33.4 Å². The van der Waals surface area contributed by atoms with Gasteiger partial charge in [-0.15, -0.1) is 0 Å². The van der Waals surface area contributed by atoms with Crippen molar-refractivity contribution in [2.24, 2.45) is 0 Å². The summed E-state index contributed by atoms with van der Waals surface area (Å²) in [7, 11) is 0. The molecule has 10 rings (SSSR count). The van der Waals surface area contributed by atoms with Crippen LogP contribution < -0.4 is 30.3 Å². The molecular weight excluding hydrogens is 650 g/mol. The van der Waals surface area contributed by atoms with Crippen molar-refractivity contribution in [3.8, 4) is 23.0 Å². The summed E-state index contributed by atoms with van der Waals surface area (Å²) < 4.78 is 13.4. The molecule has 0 bridgehead atoms. The maximum absolute atomic E-state index is 6.76. The highest BCUT2D eigenvalue weighted by Gasteiger charge is 2.51. The third kappa shape index (κ3) is 3.95. The predicted octanol–water partition coefficient (Wildman–Crippen LogP) is 10.4. The van der Waals surface area contributed by atoms with Crippen LogP contribution in [0.2, 0.25) is 0 Å². The number of hydrogen-bond acceptors (Lipinski definition) is 4. The van der Waals surface area contributed by atoms with Gasteiger partial charge in [-0.2, -0.15) is 0 Å². The van der Waals surface area contributed by atoms with Crippen LogP contribution in [-0.2, 0) is 17.2 Å². The molecule has 240 valence electrons. The van der Waals surface area contributed by atoms with E-state index < -0.39 is 11.5 Å². The largest absolute Gasteiger partial charge is 0.457 e. The fourth-order valence-corrected chi connectivity index (χ4v) is 12.5. The van der Waals surface area contributed by atoms with Gasteiger partial charge in [0.2, 0.25) is 0 Å². The molecule has 0 amide bonds. The molecule has 50 heavy (non-hydrogen) atoms. The van der Waals surface area contributed by atoms with Gasteiger partial charge in [-0.1, -0.05) is 126 Å². The minimum Gasteiger partial charge on any atom is -0.457 e. The average Bonchev–Trinajstić information content (AvgIpc) is 3.15. The lowest BCUT2D eigenvalue weighted by atomic mass is 9.61. The predicted molar refractivity (Wildman–Crippen MR) is 209 cm³/mol. The van der Waals surface area contributed by atoms with Gasteiger partial charge in [-0.25, -0.2) is 0 Å². The maximum Gasteiger partial charge on any atom is 0.138 e. The molecule has 1 unspecified atom stereocenters. The molecule has 0 aromatic heterocycles. The quantitative estimate of drug-likeness (QED) is 0.169. The summed E-state index contributed by atoms with van der Waals surface area (Å²) in [6, 6.07) is 53.9. The zero-order chi connectivity index (χ0) is 33.6. The highest BCUT2D eigenvalue weighted by Crippen LogP contribution is 2.63. The Labute approximate surface area is 297 Å². The molecule has 5 heteroatoms. The van der Waals surface area contributed by atoms with E-state index in [9.17, 15) is 0 Å². The van der Waals surface area contributed by atoms with Gasteiger partial charge in [-0.05, 0) is 78.8 Å². The number of rotatable bonds is 2. The van der Waals surface area contributed by atoms with Crippen LogP contribution in [0.3, 0.4) is 0 Å². The normalized spacial score (nSPS) is 17.2. The van der Waals surface area contributed by atoms with Crippen LogP contribution in [0.4, 0.5) is 17.1 Å². The van der Waals surface area contributed by atoms with E-state index >= 15 is 0 Å². The Morgan fingerprint density at radius 2 is 1.00 bits per heavy atom. The highest BCUT2D eigenvalue weighted by molar-refractivity contribution is 8.25. The Bertz CT molecular complexity index is 2480. The second kappa shape index (κ2) is 10.8. The van der Waals surface area contributed by atoms with Crippen LogP contribution in [0.25, 0.3) is 0 Å². The summed E-state index contributed by atoms with van der Waals surface area (Å²) in [6.45, 7) is 4.36. The Kier molecular flexibility index (Phi) is 6.37. The molecule has 7 aromatic carbocycles. The topological polar surface area (TPSA) is 21.7 Å². The number of fused-ring (bicyclic) bond motifs is 10. The van der Waals surface area contributed by atoms with Crippen LogP contribution in [0, 0.1) is 13.8 Å². The van der Waals surface area contributed by atoms with E-state index in [1.807, 2.05) is 6.07 Å². The summed E-state index contributed by atoms with van der Waals surface area (Å²) >= 11 is 6.75. The minimum absolute atomic E-state index is 0.594. The van der Waals surface area contributed by atoms with E-state index in [0.717, 1.165) is 67.1 Å². The molecule has 0 saturated heterocycles. The summed E-state index contributed by atoms with van der Waals surface area (Å²) in [4.78, 5) is 2.41. The molecule has 0 saturated carbocycles. The first kappa shape index (κ1) is 29.5. The molecule has 0 radical (unpaired) electrons. The minimum atomic E-state index is -2.38. The molecule has 3 heterocycles. The van der Waals surface area contributed by atoms with E-state index in [1.165, 1.54) is 22.3 Å². The standard InChI is InChI=1S/C45H32NO2PS/c1-29-20-23-37-35(26-29)45(33-14-6-8-16-39(33)47-40-17-9-7-15-34(40)45)36-27-30(2)21-24-38(36)46(37)31-22-25-44-42(28-31)48-41-18-10-11-19-43(41)49(44,50)32-12-4-3-5-13-32/h3-28H,1-2H3. The van der Waals surface area contributed by atoms with Crippen molar-refractivity contribution < 1.29 is 9.47 Å². The molecule has 7 aromatic rings. The summed E-state index contributed by atoms with van der Waals surface area (Å²) in [5, 5.41) is 3.34. The average molecular weight is 682 g/mol. The molecule has 3 aliphatic heterocycles. The molecular formula is C45H32NO2PS. The monoisotopic (exact) mass is 681 g/mol. The first-order valence-corrected chi connectivity index (χ1v) is 19.7. The number of benzene rings is 7. The fraction of sp³-hybridized carbons (Fsp3) is 0.0667. The van der Waals surface area contributed by atoms with E-state index in [2.05, 4.69) is 170 Å². The number of aryl methyl sites for hydroxylation is 2. The van der Waals surface area contributed by atoms with Crippen molar-refractivity contribution in [1.29, 1.82) is 0 Å². The van der Waals surface area contributed by atoms with Gasteiger partial charge in [0.25, 0.3) is 0 Å². The Hall–Kier alpha value is -5.41. The van der Waals surface area contributed by atoms with Gasteiger partial charge in [-0.3, -0.25) is 0 Å². The van der Waals surface area contributed by atoms with Gasteiger partial charge in [0.1, 0.15) is 23.0 Å². The van der Waals surface area contributed by atoms with E-state index in [-0.39, 0.29) is 0 Å². The summed E-state index contributed by atoms with van der Waals surface area (Å²) in [5.41, 5.74) is 9.81. The van der Waals surface area contributed by atoms with E-state index in [4.69, 9.17) is 21.3 Å². The third-order valence-electron chi connectivity index (χ3n) is 10.5. The first-order valence-electron chi connectivity index (χ1n) is 16.9. The van der Waals surface area contributed by atoms with Crippen molar-refractivity contribution in [2.45, 2.75) is 19.3 Å². The van der Waals surface area contributed by atoms with Crippen molar-refractivity contribution in [3.05, 3.63) is 191 Å². The highest BCUT2D eigenvalue weighted by atomic mass is 32.4. The molecule has 0 aliphatic carbocycles. The van der Waals surface area contributed by atoms with Crippen molar-refractivity contribution in [2.75, 3.05) is 4.90 Å². The van der Waals surface area contributed by atoms with Crippen LogP contribution in [0.15, 0.2) is 158 Å². The molecule has 1 spiro atoms. The van der Waals surface area contributed by atoms with E-state index in [0.29, 0.717) is 0 Å². The molecule has 1 atom stereocenters. The smallest absolute Gasteiger partial charge is 0.138 e. The van der Waals surface area contributed by atoms with Gasteiger partial charge in [0.05, 0.1) is 16.8 Å². The van der Waals surface area contributed by atoms with E-state index in [1.54, 1.807) is 0 Å². The van der Waals surface area contributed by atoms with Crippen LogP contribution in [0.5, 0.6) is 23.0 Å². The van der Waals surface area contributed by atoms with Crippen molar-refractivity contribution in [3.63, 3.8) is 0 Å². The number of para-hydroxylation sites is 3. The second-order valence-electron chi connectivity index (χ2n) is 13.4. The summed E-state index contributed by atoms with van der Waals surface area (Å²) in [6.07, 6.45) is 0. The van der Waals surface area contributed by atoms with Gasteiger partial charge in [0.15, 0.2) is 0 Å². The van der Waals surface area contributed by atoms with Gasteiger partial charge < -0.3 is 14.4 Å². The Balaban J connectivity index is 1.26. The van der Waals surface area contributed by atoms with Crippen molar-refractivity contribution >= 4 is 50.8 Å². The van der Waals surface area contributed by atoms with Gasteiger partial charge >= 0.3 is 0 Å². The molecule has 0 N–H and O–H groups in total. The molecule has 3 nitrogen and oxygen atoms in total. The zero-order valence-corrected chi connectivity index (χ0v) is 29.3. The Morgan fingerprint density at radius 3 is 1.64 bits per heavy atom. The SMILES string of the molecule is Cc1ccc2c(c1)C1(c3ccccc3Oc3ccccc31)c1cc(C)ccc1N2c1ccc2c(c1)Oc1ccccc1P2(=S)c1ccccc1. The lowest BCUT2D eigenvalue weighted by Gasteiger charge is -2.49. The van der Waals surface area contributed by atoms with Crippen molar-refractivity contribution in [1.82, 2.24) is 0 Å². The second-order valence-corrected chi connectivity index (χ2v) is 17.7. The fourth-order valence-electron chi connectivity index (χ4n) is 8.37. The number of hydrogen-bond donors (Lipinski definition) is 0. The summed E-state index contributed by atoms with van der Waals surface area (Å²) in [5.74, 6) is 3.42. The zero-order valence-electron chi connectivity index (χ0n) is 27.6. The number of nitrogens with zero attached hydrogens (tertiary/aromatic N) is 1.